The van der Waals surface area contributed by atoms with Gasteiger partial charge in [0.25, 0.3) is 0 Å². The standard InChI is InChI=1S/C9H16O3/c1-3-5-9(4-2)12-7-8(11)6-10/h3-4,8-11H,1-2,5-7H2. The lowest BCUT2D eigenvalue weighted by Gasteiger charge is -2.13. The van der Waals surface area contributed by atoms with Crippen molar-refractivity contribution < 1.29 is 14.9 Å². The van der Waals surface area contributed by atoms with E-state index in [0.717, 1.165) is 0 Å². The molecule has 0 heterocycles. The fraction of sp³-hybridized carbons (Fsp3) is 0.556. The van der Waals surface area contributed by atoms with Crippen LogP contribution in [0.1, 0.15) is 6.42 Å². The van der Waals surface area contributed by atoms with Gasteiger partial charge in [-0.25, -0.2) is 0 Å². The summed E-state index contributed by atoms with van der Waals surface area (Å²) in [5.74, 6) is 0. The van der Waals surface area contributed by atoms with Crippen LogP contribution in [0, 0.1) is 0 Å². The molecule has 0 aliphatic carbocycles. The summed E-state index contributed by atoms with van der Waals surface area (Å²) in [6, 6.07) is 0. The smallest absolute Gasteiger partial charge is 0.100 e. The molecule has 0 rings (SSSR count). The second kappa shape index (κ2) is 7.03. The Labute approximate surface area is 73.0 Å². The molecular weight excluding hydrogens is 156 g/mol. The van der Waals surface area contributed by atoms with E-state index in [1.165, 1.54) is 0 Å². The molecular formula is C9H16O3. The van der Waals surface area contributed by atoms with Gasteiger partial charge in [0.05, 0.1) is 19.3 Å². The lowest BCUT2D eigenvalue weighted by atomic mass is 10.2. The summed E-state index contributed by atoms with van der Waals surface area (Å²) in [4.78, 5) is 0. The first-order valence-corrected chi connectivity index (χ1v) is 3.88. The van der Waals surface area contributed by atoms with Gasteiger partial charge in [-0.2, -0.15) is 0 Å². The highest BCUT2D eigenvalue weighted by Gasteiger charge is 2.06. The van der Waals surface area contributed by atoms with Crippen molar-refractivity contribution in [2.24, 2.45) is 0 Å². The lowest BCUT2D eigenvalue weighted by Crippen LogP contribution is -2.23. The maximum atomic E-state index is 8.94. The third-order valence-electron chi connectivity index (χ3n) is 1.38. The third kappa shape index (κ3) is 5.07. The van der Waals surface area contributed by atoms with E-state index in [0.29, 0.717) is 6.42 Å². The van der Waals surface area contributed by atoms with Crippen LogP contribution in [0.25, 0.3) is 0 Å². The van der Waals surface area contributed by atoms with Gasteiger partial charge in [0.15, 0.2) is 0 Å². The van der Waals surface area contributed by atoms with Crippen LogP contribution in [0.4, 0.5) is 0 Å². The zero-order valence-electron chi connectivity index (χ0n) is 7.15. The molecule has 3 nitrogen and oxygen atoms in total. The molecule has 12 heavy (non-hydrogen) atoms. The van der Waals surface area contributed by atoms with Crippen molar-refractivity contribution in [2.45, 2.75) is 18.6 Å². The highest BCUT2D eigenvalue weighted by molar-refractivity contribution is 4.86. The van der Waals surface area contributed by atoms with Crippen LogP contribution in [0.2, 0.25) is 0 Å². The highest BCUT2D eigenvalue weighted by atomic mass is 16.5. The topological polar surface area (TPSA) is 49.7 Å². The Morgan fingerprint density at radius 3 is 2.50 bits per heavy atom. The van der Waals surface area contributed by atoms with Crippen LogP contribution in [-0.4, -0.2) is 35.6 Å². The molecule has 2 N–H and O–H groups in total. The summed E-state index contributed by atoms with van der Waals surface area (Å²) < 4.78 is 5.19. The number of rotatable bonds is 7. The first kappa shape index (κ1) is 11.4. The van der Waals surface area contributed by atoms with Gasteiger partial charge in [-0.05, 0) is 6.42 Å². The van der Waals surface area contributed by atoms with Gasteiger partial charge in [0, 0.05) is 0 Å². The molecule has 0 fully saturated rings. The van der Waals surface area contributed by atoms with E-state index < -0.39 is 6.10 Å². The van der Waals surface area contributed by atoms with E-state index in [-0.39, 0.29) is 19.3 Å². The summed E-state index contributed by atoms with van der Waals surface area (Å²) >= 11 is 0. The van der Waals surface area contributed by atoms with Gasteiger partial charge in [0.2, 0.25) is 0 Å². The molecule has 2 unspecified atom stereocenters. The summed E-state index contributed by atoms with van der Waals surface area (Å²) in [6.07, 6.45) is 3.10. The molecule has 2 atom stereocenters. The maximum Gasteiger partial charge on any atom is 0.100 e. The summed E-state index contributed by atoms with van der Waals surface area (Å²) in [6.45, 7) is 6.97. The number of hydrogen-bond acceptors (Lipinski definition) is 3. The second-order valence-corrected chi connectivity index (χ2v) is 2.47. The van der Waals surface area contributed by atoms with Crippen LogP contribution in [0.15, 0.2) is 25.3 Å². The minimum absolute atomic E-state index is 0.122. The second-order valence-electron chi connectivity index (χ2n) is 2.47. The molecule has 0 radical (unpaired) electrons. The minimum Gasteiger partial charge on any atom is -0.394 e. The number of ether oxygens (including phenoxy) is 1. The van der Waals surface area contributed by atoms with Crippen molar-refractivity contribution in [2.75, 3.05) is 13.2 Å². The maximum absolute atomic E-state index is 8.94. The first-order chi connectivity index (χ1) is 5.74. The van der Waals surface area contributed by atoms with Crippen molar-refractivity contribution in [1.29, 1.82) is 0 Å². The fourth-order valence-corrected chi connectivity index (χ4v) is 0.684. The molecule has 0 aliphatic heterocycles. The molecule has 0 aromatic carbocycles. The number of hydrogen-bond donors (Lipinski definition) is 2. The van der Waals surface area contributed by atoms with Gasteiger partial charge < -0.3 is 14.9 Å². The molecule has 70 valence electrons. The fourth-order valence-electron chi connectivity index (χ4n) is 0.684. The van der Waals surface area contributed by atoms with Gasteiger partial charge in [-0.1, -0.05) is 12.2 Å². The van der Waals surface area contributed by atoms with Crippen molar-refractivity contribution in [1.82, 2.24) is 0 Å². The molecule has 0 amide bonds. The monoisotopic (exact) mass is 172 g/mol. The van der Waals surface area contributed by atoms with Crippen LogP contribution >= 0.6 is 0 Å². The Morgan fingerprint density at radius 2 is 2.08 bits per heavy atom. The third-order valence-corrected chi connectivity index (χ3v) is 1.38. The summed E-state index contributed by atoms with van der Waals surface area (Å²) in [5, 5.41) is 17.4. The normalized spacial score (nSPS) is 15.2. The Bertz CT molecular complexity index is 134. The van der Waals surface area contributed by atoms with E-state index in [1.54, 1.807) is 12.2 Å². The van der Waals surface area contributed by atoms with E-state index in [4.69, 9.17) is 14.9 Å². The van der Waals surface area contributed by atoms with Crippen molar-refractivity contribution >= 4 is 0 Å². The van der Waals surface area contributed by atoms with E-state index in [9.17, 15) is 0 Å². The van der Waals surface area contributed by atoms with Gasteiger partial charge in [-0.15, -0.1) is 13.2 Å². The van der Waals surface area contributed by atoms with E-state index >= 15 is 0 Å². The predicted molar refractivity (Wildman–Crippen MR) is 47.8 cm³/mol. The quantitative estimate of drug-likeness (QED) is 0.549. The summed E-state index contributed by atoms with van der Waals surface area (Å²) in [7, 11) is 0. The first-order valence-electron chi connectivity index (χ1n) is 3.88. The average molecular weight is 172 g/mol. The van der Waals surface area contributed by atoms with Crippen LogP contribution in [0.3, 0.4) is 0 Å². The molecule has 0 saturated carbocycles. The average Bonchev–Trinajstić information content (AvgIpc) is 2.11. The molecule has 0 aromatic rings. The van der Waals surface area contributed by atoms with E-state index in [2.05, 4.69) is 13.2 Å². The van der Waals surface area contributed by atoms with Gasteiger partial charge >= 0.3 is 0 Å². The molecule has 0 spiro atoms. The van der Waals surface area contributed by atoms with Gasteiger partial charge in [0.1, 0.15) is 6.10 Å². The Morgan fingerprint density at radius 1 is 1.42 bits per heavy atom. The lowest BCUT2D eigenvalue weighted by molar-refractivity contribution is -0.0127. The highest BCUT2D eigenvalue weighted by Crippen LogP contribution is 2.00. The Hall–Kier alpha value is -0.640. The zero-order chi connectivity index (χ0) is 9.40. The van der Waals surface area contributed by atoms with Crippen molar-refractivity contribution in [3.63, 3.8) is 0 Å². The van der Waals surface area contributed by atoms with Crippen LogP contribution in [-0.2, 0) is 4.74 Å². The zero-order valence-corrected chi connectivity index (χ0v) is 7.15. The predicted octanol–water partition coefficient (Wildman–Crippen LogP) is 0.487. The van der Waals surface area contributed by atoms with Gasteiger partial charge in [-0.3, -0.25) is 0 Å². The van der Waals surface area contributed by atoms with Crippen molar-refractivity contribution in [3.05, 3.63) is 25.3 Å². The number of aliphatic hydroxyl groups is 2. The van der Waals surface area contributed by atoms with Crippen LogP contribution < -0.4 is 0 Å². The molecule has 0 aliphatic rings. The molecule has 0 saturated heterocycles. The molecule has 0 aromatic heterocycles. The van der Waals surface area contributed by atoms with E-state index in [1.807, 2.05) is 0 Å². The SMILES string of the molecule is C=CCC(C=C)OCC(O)CO. The molecule has 3 heteroatoms. The largest absolute Gasteiger partial charge is 0.394 e. The Kier molecular flexibility index (Phi) is 6.66. The summed E-state index contributed by atoms with van der Waals surface area (Å²) in [5.41, 5.74) is 0. The number of aliphatic hydroxyl groups excluding tert-OH is 2. The Balaban J connectivity index is 3.56. The van der Waals surface area contributed by atoms with Crippen LogP contribution in [0.5, 0.6) is 0 Å². The van der Waals surface area contributed by atoms with Crippen molar-refractivity contribution in [3.8, 4) is 0 Å². The minimum atomic E-state index is -0.808. The molecule has 0 bridgehead atoms.